The average Bonchev–Trinajstić information content (AvgIpc) is 2.73. The standard InChI is InChI=1S/C23H26N4O5/c1-12-22(31)27-18(21(24)30)10-15-6-7-20(29)17(9-15)16-5-3-4-14(8-16)11-19(23(32)25-12)26-13(2)28/h3-9,12,18-19,29H,10-11H2,1-2H3,(H2,24,30)(H,25,32)(H,26,28)(H,27,31)/t12-,18-,19?/m0/s1. The second-order valence-corrected chi connectivity index (χ2v) is 7.91. The van der Waals surface area contributed by atoms with Gasteiger partial charge in [-0.25, -0.2) is 0 Å². The number of phenolic OH excluding ortho intramolecular Hbond substituents is 1. The van der Waals surface area contributed by atoms with Crippen LogP contribution in [0.1, 0.15) is 25.0 Å². The van der Waals surface area contributed by atoms with Crippen molar-refractivity contribution in [3.8, 4) is 16.9 Å². The number of benzene rings is 2. The molecule has 0 spiro atoms. The van der Waals surface area contributed by atoms with Gasteiger partial charge in [0, 0.05) is 25.3 Å². The summed E-state index contributed by atoms with van der Waals surface area (Å²) in [5.41, 5.74) is 8.16. The van der Waals surface area contributed by atoms with Gasteiger partial charge < -0.3 is 26.8 Å². The van der Waals surface area contributed by atoms with Crippen LogP contribution in [0.5, 0.6) is 5.75 Å². The molecule has 1 aliphatic rings. The Morgan fingerprint density at radius 1 is 1.03 bits per heavy atom. The van der Waals surface area contributed by atoms with Gasteiger partial charge in [-0.05, 0) is 35.7 Å². The van der Waals surface area contributed by atoms with Crippen molar-refractivity contribution in [3.05, 3.63) is 53.6 Å². The minimum Gasteiger partial charge on any atom is -0.507 e. The molecule has 2 aromatic rings. The summed E-state index contributed by atoms with van der Waals surface area (Å²) in [6.07, 6.45) is 0.293. The van der Waals surface area contributed by atoms with Crippen molar-refractivity contribution < 1.29 is 24.3 Å². The molecule has 0 saturated carbocycles. The summed E-state index contributed by atoms with van der Waals surface area (Å²) in [4.78, 5) is 49.1. The van der Waals surface area contributed by atoms with Gasteiger partial charge >= 0.3 is 0 Å². The molecular weight excluding hydrogens is 412 g/mol. The van der Waals surface area contributed by atoms with E-state index in [0.717, 1.165) is 5.56 Å². The van der Waals surface area contributed by atoms with E-state index >= 15 is 0 Å². The Bertz CT molecular complexity index is 1070. The zero-order valence-electron chi connectivity index (χ0n) is 17.8. The van der Waals surface area contributed by atoms with E-state index in [1.165, 1.54) is 19.9 Å². The Balaban J connectivity index is 2.09. The Kier molecular flexibility index (Phi) is 6.77. The van der Waals surface area contributed by atoms with Crippen molar-refractivity contribution in [1.29, 1.82) is 0 Å². The number of amides is 4. The Hall–Kier alpha value is -3.88. The zero-order valence-corrected chi connectivity index (χ0v) is 17.8. The van der Waals surface area contributed by atoms with Gasteiger partial charge in [0.1, 0.15) is 23.9 Å². The maximum atomic E-state index is 12.8. The first-order valence-electron chi connectivity index (χ1n) is 10.2. The third-order valence-electron chi connectivity index (χ3n) is 5.28. The largest absolute Gasteiger partial charge is 0.507 e. The van der Waals surface area contributed by atoms with Gasteiger partial charge in [-0.2, -0.15) is 0 Å². The number of aromatic hydroxyl groups is 1. The van der Waals surface area contributed by atoms with E-state index in [0.29, 0.717) is 16.7 Å². The third kappa shape index (κ3) is 5.42. The lowest BCUT2D eigenvalue weighted by Crippen LogP contribution is -2.56. The van der Waals surface area contributed by atoms with E-state index in [1.807, 2.05) is 18.2 Å². The molecule has 0 saturated heterocycles. The molecule has 4 bridgehead atoms. The monoisotopic (exact) mass is 438 g/mol. The van der Waals surface area contributed by atoms with E-state index in [9.17, 15) is 24.3 Å². The fourth-order valence-electron chi connectivity index (χ4n) is 3.63. The molecule has 9 heteroatoms. The van der Waals surface area contributed by atoms with Crippen molar-refractivity contribution in [3.63, 3.8) is 0 Å². The smallest absolute Gasteiger partial charge is 0.243 e. The van der Waals surface area contributed by atoms with Crippen molar-refractivity contribution in [1.82, 2.24) is 16.0 Å². The summed E-state index contributed by atoms with van der Waals surface area (Å²) in [7, 11) is 0. The maximum absolute atomic E-state index is 12.8. The second-order valence-electron chi connectivity index (χ2n) is 7.91. The Morgan fingerprint density at radius 2 is 1.75 bits per heavy atom. The summed E-state index contributed by atoms with van der Waals surface area (Å²) in [6.45, 7) is 2.78. The first kappa shape index (κ1) is 22.8. The number of hydrogen-bond donors (Lipinski definition) is 5. The van der Waals surface area contributed by atoms with Gasteiger partial charge in [0.15, 0.2) is 0 Å². The molecular formula is C23H26N4O5. The highest BCUT2D eigenvalue weighted by Crippen LogP contribution is 2.31. The van der Waals surface area contributed by atoms with Crippen LogP contribution in [0, 0.1) is 0 Å². The van der Waals surface area contributed by atoms with Crippen molar-refractivity contribution in [2.45, 2.75) is 44.8 Å². The molecule has 0 aromatic heterocycles. The zero-order chi connectivity index (χ0) is 23.4. The number of phenols is 1. The number of fused-ring (bicyclic) bond motifs is 5. The maximum Gasteiger partial charge on any atom is 0.243 e. The molecule has 0 fully saturated rings. The summed E-state index contributed by atoms with van der Waals surface area (Å²) in [5.74, 6) is -2.20. The predicted octanol–water partition coefficient (Wildman–Crippen LogP) is 0.137. The van der Waals surface area contributed by atoms with E-state index in [2.05, 4.69) is 16.0 Å². The number of primary amides is 1. The van der Waals surface area contributed by atoms with Crippen LogP contribution in [0.15, 0.2) is 42.5 Å². The number of carbonyl (C=O) groups is 4. The molecule has 1 unspecified atom stereocenters. The summed E-state index contributed by atoms with van der Waals surface area (Å²) >= 11 is 0. The van der Waals surface area contributed by atoms with Crippen LogP contribution < -0.4 is 21.7 Å². The highest BCUT2D eigenvalue weighted by Gasteiger charge is 2.27. The van der Waals surface area contributed by atoms with Gasteiger partial charge in [-0.3, -0.25) is 19.2 Å². The van der Waals surface area contributed by atoms with Crippen molar-refractivity contribution in [2.75, 3.05) is 0 Å². The van der Waals surface area contributed by atoms with Crippen LogP contribution in [-0.2, 0) is 32.0 Å². The molecule has 168 valence electrons. The van der Waals surface area contributed by atoms with Gasteiger partial charge in [-0.15, -0.1) is 0 Å². The second kappa shape index (κ2) is 9.51. The van der Waals surface area contributed by atoms with Gasteiger partial charge in [0.25, 0.3) is 0 Å². The van der Waals surface area contributed by atoms with E-state index in [4.69, 9.17) is 5.73 Å². The van der Waals surface area contributed by atoms with Crippen LogP contribution in [0.4, 0.5) is 0 Å². The Labute approximate surface area is 185 Å². The quantitative estimate of drug-likeness (QED) is 0.452. The molecule has 0 radical (unpaired) electrons. The number of nitrogens with one attached hydrogen (secondary N) is 3. The first-order valence-corrected chi connectivity index (χ1v) is 10.2. The lowest BCUT2D eigenvalue weighted by molar-refractivity contribution is -0.132. The predicted molar refractivity (Wildman–Crippen MR) is 117 cm³/mol. The average molecular weight is 438 g/mol. The van der Waals surface area contributed by atoms with Crippen LogP contribution in [0.2, 0.25) is 0 Å². The van der Waals surface area contributed by atoms with E-state index in [-0.39, 0.29) is 18.6 Å². The molecule has 3 rings (SSSR count). The van der Waals surface area contributed by atoms with Crippen LogP contribution in [0.25, 0.3) is 11.1 Å². The Morgan fingerprint density at radius 3 is 2.44 bits per heavy atom. The van der Waals surface area contributed by atoms with Gasteiger partial charge in [-0.1, -0.05) is 30.3 Å². The van der Waals surface area contributed by atoms with Crippen LogP contribution >= 0.6 is 0 Å². The number of carbonyl (C=O) groups excluding carboxylic acids is 4. The lowest BCUT2D eigenvalue weighted by atomic mass is 9.95. The minimum absolute atomic E-state index is 0.0413. The van der Waals surface area contributed by atoms with E-state index < -0.39 is 41.8 Å². The van der Waals surface area contributed by atoms with Gasteiger partial charge in [0.2, 0.25) is 23.6 Å². The first-order chi connectivity index (χ1) is 15.1. The highest BCUT2D eigenvalue weighted by molar-refractivity contribution is 5.94. The molecule has 3 atom stereocenters. The van der Waals surface area contributed by atoms with Crippen molar-refractivity contribution >= 4 is 23.6 Å². The molecule has 1 heterocycles. The van der Waals surface area contributed by atoms with Crippen LogP contribution in [-0.4, -0.2) is 46.9 Å². The summed E-state index contributed by atoms with van der Waals surface area (Å²) in [6, 6.07) is 9.23. The fraction of sp³-hybridized carbons (Fsp3) is 0.304. The van der Waals surface area contributed by atoms with E-state index in [1.54, 1.807) is 18.2 Å². The molecule has 32 heavy (non-hydrogen) atoms. The third-order valence-corrected chi connectivity index (χ3v) is 5.28. The van der Waals surface area contributed by atoms with Crippen molar-refractivity contribution in [2.24, 2.45) is 5.73 Å². The lowest BCUT2D eigenvalue weighted by Gasteiger charge is -2.22. The molecule has 0 aliphatic carbocycles. The SMILES string of the molecule is CC(=O)NC1Cc2cccc(c2)-c2cc(ccc2O)C[C@@H](C(N)=O)NC(=O)[C@H](C)NC1=O. The van der Waals surface area contributed by atoms with Gasteiger partial charge in [0.05, 0.1) is 0 Å². The fourth-order valence-corrected chi connectivity index (χ4v) is 3.63. The summed E-state index contributed by atoms with van der Waals surface area (Å²) in [5, 5.41) is 18.2. The number of rotatable bonds is 2. The highest BCUT2D eigenvalue weighted by atomic mass is 16.3. The number of nitrogens with two attached hydrogens (primary N) is 1. The molecule has 2 aromatic carbocycles. The minimum atomic E-state index is -1.01. The van der Waals surface area contributed by atoms with Crippen LogP contribution in [0.3, 0.4) is 0 Å². The molecule has 1 aliphatic heterocycles. The molecule has 6 N–H and O–H groups in total. The normalized spacial score (nSPS) is 21.4. The molecule has 4 amide bonds. The molecule has 9 nitrogen and oxygen atoms in total. The number of hydrogen-bond acceptors (Lipinski definition) is 5. The topological polar surface area (TPSA) is 151 Å². The summed E-state index contributed by atoms with van der Waals surface area (Å²) < 4.78 is 0.